The van der Waals surface area contributed by atoms with E-state index < -0.39 is 11.6 Å². The Labute approximate surface area is 197 Å². The van der Waals surface area contributed by atoms with E-state index in [4.69, 9.17) is 9.72 Å². The topological polar surface area (TPSA) is 95.3 Å². The Morgan fingerprint density at radius 1 is 1.24 bits per heavy atom. The standard InChI is InChI=1S/C26H28N4O4/c1-3-5-6-10-29-14-27-18-8-7-9-19-21(18)23(29)15-12-30-20(22(15)28-19)11-17-16(24(30)31)13-34-25(32)26(17,33)4-2/h7-9,14,20,33H,3-6,10-13H2,1-2H3/t20?,26-/m0/s1. The molecule has 0 bridgehead atoms. The number of nitrogens with zero attached hydrogens (tertiary/aromatic N) is 4. The summed E-state index contributed by atoms with van der Waals surface area (Å²) in [4.78, 5) is 39.8. The van der Waals surface area contributed by atoms with Gasteiger partial charge in [-0.1, -0.05) is 32.8 Å². The highest BCUT2D eigenvalue weighted by atomic mass is 16.6. The smallest absolute Gasteiger partial charge is 0.342 e. The summed E-state index contributed by atoms with van der Waals surface area (Å²) in [6, 6.07) is 5.63. The second-order valence-electron chi connectivity index (χ2n) is 9.54. The number of esters is 1. The molecule has 8 nitrogen and oxygen atoms in total. The lowest BCUT2D eigenvalue weighted by Crippen LogP contribution is -2.51. The Morgan fingerprint density at radius 3 is 2.88 bits per heavy atom. The van der Waals surface area contributed by atoms with Crippen LogP contribution in [0, 0.1) is 0 Å². The number of hydrogen-bond acceptors (Lipinski definition) is 7. The van der Waals surface area contributed by atoms with Crippen molar-refractivity contribution in [2.75, 3.05) is 18.1 Å². The van der Waals surface area contributed by atoms with Crippen molar-refractivity contribution in [1.29, 1.82) is 0 Å². The van der Waals surface area contributed by atoms with Crippen LogP contribution in [-0.2, 0) is 20.9 Å². The number of carbonyl (C=O) groups is 2. The summed E-state index contributed by atoms with van der Waals surface area (Å²) < 4.78 is 5.22. The van der Waals surface area contributed by atoms with E-state index >= 15 is 0 Å². The van der Waals surface area contributed by atoms with Gasteiger partial charge < -0.3 is 19.6 Å². The molecule has 1 N–H and O–H groups in total. The Morgan fingerprint density at radius 2 is 2.09 bits per heavy atom. The third-order valence-corrected chi connectivity index (χ3v) is 7.72. The number of aliphatic imine (C=N–C) groups is 1. The molecule has 0 saturated carbocycles. The van der Waals surface area contributed by atoms with E-state index in [0.717, 1.165) is 59.3 Å². The zero-order valence-corrected chi connectivity index (χ0v) is 19.5. The highest BCUT2D eigenvalue weighted by Gasteiger charge is 2.53. The number of aliphatic hydroxyl groups is 1. The lowest BCUT2D eigenvalue weighted by molar-refractivity contribution is -0.165. The van der Waals surface area contributed by atoms with Crippen LogP contribution in [0.15, 0.2) is 34.3 Å². The molecule has 1 aromatic carbocycles. The third kappa shape index (κ3) is 2.81. The number of benzene rings is 1. The first kappa shape index (κ1) is 21.3. The first-order valence-electron chi connectivity index (χ1n) is 12.2. The number of rotatable bonds is 5. The molecule has 0 aliphatic carbocycles. The Balaban J connectivity index is 1.49. The molecule has 0 saturated heterocycles. The van der Waals surface area contributed by atoms with Gasteiger partial charge in [-0.3, -0.25) is 9.78 Å². The Hall–Kier alpha value is -3.26. The van der Waals surface area contributed by atoms with Crippen LogP contribution in [0.3, 0.4) is 0 Å². The maximum atomic E-state index is 13.6. The van der Waals surface area contributed by atoms with Crippen molar-refractivity contribution in [1.82, 2.24) is 9.88 Å². The van der Waals surface area contributed by atoms with Crippen LogP contribution in [-0.4, -0.2) is 52.0 Å². The maximum Gasteiger partial charge on any atom is 0.342 e. The fraction of sp³-hybridized carbons (Fsp3) is 0.462. The van der Waals surface area contributed by atoms with E-state index in [-0.39, 0.29) is 25.0 Å². The van der Waals surface area contributed by atoms with Crippen LogP contribution >= 0.6 is 0 Å². The molecule has 4 aliphatic rings. The summed E-state index contributed by atoms with van der Waals surface area (Å²) in [5.74, 6) is -0.847. The fourth-order valence-electron chi connectivity index (χ4n) is 5.85. The summed E-state index contributed by atoms with van der Waals surface area (Å²) >= 11 is 0. The van der Waals surface area contributed by atoms with Crippen molar-refractivity contribution in [3.63, 3.8) is 0 Å². The van der Waals surface area contributed by atoms with Gasteiger partial charge in [-0.15, -0.1) is 0 Å². The number of pyridine rings is 1. The molecule has 1 amide bonds. The van der Waals surface area contributed by atoms with Gasteiger partial charge in [0.05, 0.1) is 52.5 Å². The minimum atomic E-state index is -1.75. The van der Waals surface area contributed by atoms with Gasteiger partial charge in [-0.2, -0.15) is 0 Å². The summed E-state index contributed by atoms with van der Waals surface area (Å²) in [5.41, 5.74) is 3.87. The lowest BCUT2D eigenvalue weighted by Gasteiger charge is -2.41. The highest BCUT2D eigenvalue weighted by Crippen LogP contribution is 2.51. The Kier molecular flexibility index (Phi) is 4.78. The molecule has 1 aromatic heterocycles. The van der Waals surface area contributed by atoms with Gasteiger partial charge in [0.2, 0.25) is 0 Å². The number of unbranched alkanes of at least 4 members (excludes halogenated alkanes) is 2. The summed E-state index contributed by atoms with van der Waals surface area (Å²) in [5, 5.41) is 12.2. The van der Waals surface area contributed by atoms with Crippen molar-refractivity contribution < 1.29 is 19.4 Å². The third-order valence-electron chi connectivity index (χ3n) is 7.72. The molecule has 2 aromatic rings. The minimum absolute atomic E-state index is 0.0862. The molecule has 1 unspecified atom stereocenters. The number of hydrogen-bond donors (Lipinski definition) is 1. The number of carbonyl (C=O) groups excluding carboxylic acids is 2. The van der Waals surface area contributed by atoms with Gasteiger partial charge in [-0.25, -0.2) is 9.79 Å². The second kappa shape index (κ2) is 7.63. The van der Waals surface area contributed by atoms with Gasteiger partial charge in [-0.05, 0) is 37.0 Å². The number of ether oxygens (including phenoxy) is 1. The molecule has 0 fully saturated rings. The van der Waals surface area contributed by atoms with E-state index in [1.807, 2.05) is 29.4 Å². The van der Waals surface area contributed by atoms with Crippen LogP contribution in [0.2, 0.25) is 0 Å². The van der Waals surface area contributed by atoms with Crippen LogP contribution in [0.25, 0.3) is 10.9 Å². The molecule has 0 spiro atoms. The first-order valence-corrected chi connectivity index (χ1v) is 12.2. The van der Waals surface area contributed by atoms with Crippen molar-refractivity contribution in [2.24, 2.45) is 4.99 Å². The summed E-state index contributed by atoms with van der Waals surface area (Å²) in [6.45, 7) is 5.13. The largest absolute Gasteiger partial charge is 0.458 e. The average Bonchev–Trinajstić information content (AvgIpc) is 3.22. The molecule has 34 heavy (non-hydrogen) atoms. The summed E-state index contributed by atoms with van der Waals surface area (Å²) in [7, 11) is 0. The first-order chi connectivity index (χ1) is 16.5. The van der Waals surface area contributed by atoms with E-state index in [9.17, 15) is 14.7 Å². The van der Waals surface area contributed by atoms with Crippen molar-refractivity contribution in [3.8, 4) is 0 Å². The zero-order chi connectivity index (χ0) is 23.6. The SMILES string of the molecule is CCCCCN1C=Nc2cccc3nc4c(c1c23)CN1C(=O)C2=C(CC41)[C@@](O)(CC)C(=O)OC2. The quantitative estimate of drug-likeness (QED) is 0.540. The molecule has 6 rings (SSSR count). The highest BCUT2D eigenvalue weighted by molar-refractivity contribution is 6.10. The zero-order valence-electron chi connectivity index (χ0n) is 19.5. The van der Waals surface area contributed by atoms with Gasteiger partial charge in [0.1, 0.15) is 6.61 Å². The number of anilines is 1. The number of amides is 1. The molecular weight excluding hydrogens is 432 g/mol. The molecule has 176 valence electrons. The van der Waals surface area contributed by atoms with Gasteiger partial charge in [0, 0.05) is 12.1 Å². The number of fused-ring (bicyclic) bond motifs is 4. The molecule has 8 heteroatoms. The van der Waals surface area contributed by atoms with Crippen molar-refractivity contribution in [2.45, 2.75) is 64.1 Å². The Bertz CT molecular complexity index is 1300. The fourth-order valence-corrected chi connectivity index (χ4v) is 5.85. The normalized spacial score (nSPS) is 25.0. The second-order valence-corrected chi connectivity index (χ2v) is 9.54. The van der Waals surface area contributed by atoms with Gasteiger partial charge in [0.25, 0.3) is 5.91 Å². The monoisotopic (exact) mass is 460 g/mol. The maximum absolute atomic E-state index is 13.6. The number of cyclic esters (lactones) is 1. The predicted octanol–water partition coefficient (Wildman–Crippen LogP) is 3.69. The lowest BCUT2D eigenvalue weighted by atomic mass is 9.79. The van der Waals surface area contributed by atoms with Crippen LogP contribution < -0.4 is 4.90 Å². The molecule has 5 heterocycles. The summed E-state index contributed by atoms with van der Waals surface area (Å²) in [6.07, 6.45) is 5.77. The van der Waals surface area contributed by atoms with Gasteiger partial charge in [0.15, 0.2) is 5.60 Å². The molecule has 4 aliphatic heterocycles. The average molecular weight is 461 g/mol. The van der Waals surface area contributed by atoms with E-state index in [1.54, 1.807) is 6.92 Å². The van der Waals surface area contributed by atoms with E-state index in [0.29, 0.717) is 24.1 Å². The molecular formula is C26H28N4O4. The van der Waals surface area contributed by atoms with Crippen LogP contribution in [0.1, 0.15) is 63.3 Å². The van der Waals surface area contributed by atoms with Crippen molar-refractivity contribution in [3.05, 3.63) is 40.6 Å². The predicted molar refractivity (Wildman–Crippen MR) is 128 cm³/mol. The van der Waals surface area contributed by atoms with E-state index in [2.05, 4.69) is 16.8 Å². The van der Waals surface area contributed by atoms with Crippen molar-refractivity contribution >= 4 is 40.5 Å². The molecule has 2 atom stereocenters. The van der Waals surface area contributed by atoms with Crippen LogP contribution in [0.5, 0.6) is 0 Å². The van der Waals surface area contributed by atoms with E-state index in [1.165, 1.54) is 0 Å². The number of aromatic nitrogens is 1. The van der Waals surface area contributed by atoms with Crippen LogP contribution in [0.4, 0.5) is 11.4 Å². The molecule has 0 radical (unpaired) electrons. The van der Waals surface area contributed by atoms with Gasteiger partial charge >= 0.3 is 5.97 Å². The minimum Gasteiger partial charge on any atom is -0.458 e.